The van der Waals surface area contributed by atoms with Crippen molar-refractivity contribution in [3.8, 4) is 5.75 Å². The topological polar surface area (TPSA) is 96.0 Å². The van der Waals surface area contributed by atoms with Gasteiger partial charge in [-0.1, -0.05) is 31.5 Å². The number of benzene rings is 2. The third kappa shape index (κ3) is 4.49. The number of amides is 2. The molecule has 0 saturated carbocycles. The molecule has 32 heavy (non-hydrogen) atoms. The molecule has 4 rings (SSSR count). The molecule has 0 aromatic heterocycles. The number of nitrogens with one attached hydrogen (secondary N) is 1. The SMILES string of the molecule is CCc1ccccc1NC(=O)CN1C(=O)COc2ccc(S(=O)(=O)N3CCCCC3)cc21. The van der Waals surface area contributed by atoms with Gasteiger partial charge in [-0.25, -0.2) is 8.42 Å². The van der Waals surface area contributed by atoms with Crippen molar-refractivity contribution in [2.45, 2.75) is 37.5 Å². The van der Waals surface area contributed by atoms with Gasteiger partial charge >= 0.3 is 0 Å². The average Bonchev–Trinajstić information content (AvgIpc) is 2.81. The van der Waals surface area contributed by atoms with Crippen LogP contribution >= 0.6 is 0 Å². The molecule has 2 aliphatic heterocycles. The molecule has 2 aromatic carbocycles. The molecule has 0 radical (unpaired) electrons. The van der Waals surface area contributed by atoms with E-state index in [1.807, 2.05) is 31.2 Å². The van der Waals surface area contributed by atoms with Gasteiger partial charge in [0, 0.05) is 18.8 Å². The van der Waals surface area contributed by atoms with Crippen LogP contribution in [0.4, 0.5) is 11.4 Å². The Labute approximate surface area is 188 Å². The van der Waals surface area contributed by atoms with E-state index in [1.54, 1.807) is 6.07 Å². The Morgan fingerprint density at radius 2 is 1.84 bits per heavy atom. The maximum absolute atomic E-state index is 13.1. The molecule has 0 spiro atoms. The number of hydrogen-bond acceptors (Lipinski definition) is 5. The first-order valence-corrected chi connectivity index (χ1v) is 12.3. The van der Waals surface area contributed by atoms with E-state index in [4.69, 9.17) is 4.74 Å². The van der Waals surface area contributed by atoms with Crippen molar-refractivity contribution < 1.29 is 22.7 Å². The van der Waals surface area contributed by atoms with Crippen molar-refractivity contribution in [2.75, 3.05) is 36.5 Å². The van der Waals surface area contributed by atoms with Gasteiger partial charge in [-0.15, -0.1) is 0 Å². The van der Waals surface area contributed by atoms with Crippen molar-refractivity contribution in [1.29, 1.82) is 0 Å². The monoisotopic (exact) mass is 457 g/mol. The van der Waals surface area contributed by atoms with Gasteiger partial charge in [-0.2, -0.15) is 4.31 Å². The Balaban J connectivity index is 1.59. The zero-order valence-electron chi connectivity index (χ0n) is 18.0. The summed E-state index contributed by atoms with van der Waals surface area (Å²) in [5.41, 5.74) is 1.98. The smallest absolute Gasteiger partial charge is 0.265 e. The lowest BCUT2D eigenvalue weighted by molar-refractivity contribution is -0.123. The summed E-state index contributed by atoms with van der Waals surface area (Å²) in [6, 6.07) is 12.0. The third-order valence-electron chi connectivity index (χ3n) is 5.80. The summed E-state index contributed by atoms with van der Waals surface area (Å²) in [5, 5.41) is 2.86. The number of hydrogen-bond donors (Lipinski definition) is 1. The number of nitrogens with zero attached hydrogens (tertiary/aromatic N) is 2. The largest absolute Gasteiger partial charge is 0.482 e. The molecular formula is C23H27N3O5S. The first-order valence-electron chi connectivity index (χ1n) is 10.9. The number of sulfonamides is 1. The molecule has 8 nitrogen and oxygen atoms in total. The minimum Gasteiger partial charge on any atom is -0.482 e. The van der Waals surface area contributed by atoms with Crippen LogP contribution in [0.5, 0.6) is 5.75 Å². The van der Waals surface area contributed by atoms with E-state index < -0.39 is 15.9 Å². The lowest BCUT2D eigenvalue weighted by Gasteiger charge is -2.30. The molecule has 170 valence electrons. The normalized spacial score (nSPS) is 16.9. The lowest BCUT2D eigenvalue weighted by Crippen LogP contribution is -2.43. The Morgan fingerprint density at radius 3 is 2.59 bits per heavy atom. The Kier molecular flexibility index (Phi) is 6.48. The number of anilines is 2. The minimum atomic E-state index is -3.68. The van der Waals surface area contributed by atoms with Crippen molar-refractivity contribution in [3.63, 3.8) is 0 Å². The summed E-state index contributed by atoms with van der Waals surface area (Å²) in [6.07, 6.45) is 3.44. The van der Waals surface area contributed by atoms with Gasteiger partial charge < -0.3 is 10.1 Å². The zero-order chi connectivity index (χ0) is 22.7. The fraction of sp³-hybridized carbons (Fsp3) is 0.391. The van der Waals surface area contributed by atoms with Crippen LogP contribution in [0.25, 0.3) is 0 Å². The van der Waals surface area contributed by atoms with Gasteiger partial charge in [0.1, 0.15) is 12.3 Å². The number of para-hydroxylation sites is 1. The lowest BCUT2D eigenvalue weighted by atomic mass is 10.1. The third-order valence-corrected chi connectivity index (χ3v) is 7.69. The van der Waals surface area contributed by atoms with Gasteiger partial charge in [0.05, 0.1) is 10.6 Å². The molecule has 1 N–H and O–H groups in total. The van der Waals surface area contributed by atoms with Crippen molar-refractivity contribution in [2.24, 2.45) is 0 Å². The Morgan fingerprint density at radius 1 is 1.09 bits per heavy atom. The van der Waals surface area contributed by atoms with Crippen LogP contribution in [0, 0.1) is 0 Å². The van der Waals surface area contributed by atoms with Gasteiger partial charge in [0.25, 0.3) is 5.91 Å². The van der Waals surface area contributed by atoms with E-state index in [1.165, 1.54) is 21.3 Å². The first kappa shape index (κ1) is 22.3. The Bertz CT molecular complexity index is 1130. The van der Waals surface area contributed by atoms with E-state index >= 15 is 0 Å². The highest BCUT2D eigenvalue weighted by Crippen LogP contribution is 2.35. The molecule has 2 amide bonds. The van der Waals surface area contributed by atoms with Gasteiger partial charge in [0.15, 0.2) is 6.61 Å². The second-order valence-corrected chi connectivity index (χ2v) is 9.86. The van der Waals surface area contributed by atoms with Gasteiger partial charge in [0.2, 0.25) is 15.9 Å². The predicted molar refractivity (Wildman–Crippen MR) is 121 cm³/mol. The molecule has 2 aromatic rings. The van der Waals surface area contributed by atoms with Crippen LogP contribution in [-0.4, -0.2) is 50.8 Å². The number of fused-ring (bicyclic) bond motifs is 1. The molecule has 1 saturated heterocycles. The molecule has 9 heteroatoms. The van der Waals surface area contributed by atoms with Crippen molar-refractivity contribution >= 4 is 33.2 Å². The molecule has 2 heterocycles. The van der Waals surface area contributed by atoms with Gasteiger partial charge in [-0.3, -0.25) is 14.5 Å². The second kappa shape index (κ2) is 9.30. The molecule has 1 fully saturated rings. The number of ether oxygens (including phenoxy) is 1. The number of carbonyl (C=O) groups is 2. The van der Waals surface area contributed by atoms with E-state index in [2.05, 4.69) is 5.32 Å². The molecule has 0 atom stereocenters. The number of aryl methyl sites for hydroxylation is 1. The quantitative estimate of drug-likeness (QED) is 0.720. The minimum absolute atomic E-state index is 0.0955. The first-order chi connectivity index (χ1) is 15.4. The van der Waals surface area contributed by atoms with Crippen LogP contribution < -0.4 is 15.0 Å². The maximum atomic E-state index is 13.1. The molecule has 0 bridgehead atoms. The van der Waals surface area contributed by atoms with Crippen LogP contribution in [0.2, 0.25) is 0 Å². The Hall–Kier alpha value is -2.91. The highest BCUT2D eigenvalue weighted by atomic mass is 32.2. The second-order valence-electron chi connectivity index (χ2n) is 7.92. The van der Waals surface area contributed by atoms with E-state index in [0.29, 0.717) is 30.2 Å². The van der Waals surface area contributed by atoms with E-state index in [9.17, 15) is 18.0 Å². The van der Waals surface area contributed by atoms with Crippen LogP contribution in [0.1, 0.15) is 31.7 Å². The number of carbonyl (C=O) groups excluding carboxylic acids is 2. The molecule has 2 aliphatic rings. The predicted octanol–water partition coefficient (Wildman–Crippen LogP) is 2.79. The summed E-state index contributed by atoms with van der Waals surface area (Å²) >= 11 is 0. The highest BCUT2D eigenvalue weighted by molar-refractivity contribution is 7.89. The zero-order valence-corrected chi connectivity index (χ0v) is 18.9. The van der Waals surface area contributed by atoms with E-state index in [0.717, 1.165) is 31.2 Å². The number of rotatable bonds is 6. The maximum Gasteiger partial charge on any atom is 0.265 e. The summed E-state index contributed by atoms with van der Waals surface area (Å²) < 4.78 is 33.2. The fourth-order valence-electron chi connectivity index (χ4n) is 4.05. The van der Waals surface area contributed by atoms with Gasteiger partial charge in [-0.05, 0) is 49.1 Å². The summed E-state index contributed by atoms with van der Waals surface area (Å²) in [7, 11) is -3.68. The number of piperidine rings is 1. The van der Waals surface area contributed by atoms with Crippen molar-refractivity contribution in [1.82, 2.24) is 4.31 Å². The van der Waals surface area contributed by atoms with E-state index in [-0.39, 0.29) is 24.0 Å². The average molecular weight is 458 g/mol. The standard InChI is InChI=1S/C23H27N3O5S/c1-2-17-8-4-5-9-19(17)24-22(27)15-26-20-14-18(10-11-21(20)31-16-23(26)28)32(29,30)25-12-6-3-7-13-25/h4-5,8-11,14H,2-3,6-7,12-13,15-16H2,1H3,(H,24,27). The highest BCUT2D eigenvalue weighted by Gasteiger charge is 2.31. The van der Waals surface area contributed by atoms with Crippen molar-refractivity contribution in [3.05, 3.63) is 48.0 Å². The molecule has 0 aliphatic carbocycles. The van der Waals surface area contributed by atoms with Crippen LogP contribution in [0.15, 0.2) is 47.4 Å². The summed E-state index contributed by atoms with van der Waals surface area (Å²) in [6.45, 7) is 2.52. The summed E-state index contributed by atoms with van der Waals surface area (Å²) in [4.78, 5) is 26.7. The molecule has 0 unspecified atom stereocenters. The van der Waals surface area contributed by atoms with Crippen LogP contribution in [0.3, 0.4) is 0 Å². The fourth-order valence-corrected chi connectivity index (χ4v) is 5.59. The molecular weight excluding hydrogens is 430 g/mol. The summed E-state index contributed by atoms with van der Waals surface area (Å²) in [5.74, 6) is -0.385. The van der Waals surface area contributed by atoms with Crippen LogP contribution in [-0.2, 0) is 26.0 Å².